The molecular weight excluding hydrogens is 312 g/mol. The van der Waals surface area contributed by atoms with Gasteiger partial charge in [-0.05, 0) is 12.1 Å². The summed E-state index contributed by atoms with van der Waals surface area (Å²) in [6.45, 7) is 0.960. The number of aromatic amines is 1. The molecule has 1 aliphatic rings. The number of H-pyrrole nitrogens is 1. The van der Waals surface area contributed by atoms with Crippen molar-refractivity contribution in [2.75, 3.05) is 13.2 Å². The second-order valence-corrected chi connectivity index (χ2v) is 6.99. The van der Waals surface area contributed by atoms with Gasteiger partial charge >= 0.3 is 0 Å². The Morgan fingerprint density at radius 1 is 1.33 bits per heavy atom. The maximum absolute atomic E-state index is 12.7. The molecule has 0 unspecified atom stereocenters. The largest absolute Gasteiger partial charge is 0.492 e. The first-order valence-corrected chi connectivity index (χ1v) is 8.53. The van der Waals surface area contributed by atoms with E-state index in [0.717, 1.165) is 11.3 Å². The summed E-state index contributed by atoms with van der Waals surface area (Å²) in [5, 5.41) is 0. The summed E-state index contributed by atoms with van der Waals surface area (Å²) >= 11 is 5.71. The number of sulfonamides is 1. The summed E-state index contributed by atoms with van der Waals surface area (Å²) in [5.74, 6) is 0.993. The SMILES string of the molecule is O=S(=O)(c1c[nH]c(CCl)c1)N1CCOc2ccccc2C1. The van der Waals surface area contributed by atoms with Gasteiger partial charge in [0.25, 0.3) is 0 Å². The van der Waals surface area contributed by atoms with Gasteiger partial charge in [-0.2, -0.15) is 4.31 Å². The highest BCUT2D eigenvalue weighted by atomic mass is 35.5. The first-order valence-electron chi connectivity index (χ1n) is 6.55. The molecule has 0 fully saturated rings. The molecule has 0 saturated heterocycles. The summed E-state index contributed by atoms with van der Waals surface area (Å²) in [6.07, 6.45) is 1.48. The van der Waals surface area contributed by atoms with Crippen LogP contribution >= 0.6 is 11.6 Å². The fourth-order valence-corrected chi connectivity index (χ4v) is 3.88. The van der Waals surface area contributed by atoms with Crippen molar-refractivity contribution in [1.29, 1.82) is 0 Å². The Hall–Kier alpha value is -1.50. The van der Waals surface area contributed by atoms with Crippen LogP contribution in [0.4, 0.5) is 0 Å². The van der Waals surface area contributed by atoms with Gasteiger partial charge in [-0.25, -0.2) is 8.42 Å². The van der Waals surface area contributed by atoms with E-state index in [1.165, 1.54) is 10.5 Å². The third kappa shape index (κ3) is 2.79. The highest BCUT2D eigenvalue weighted by Gasteiger charge is 2.28. The smallest absolute Gasteiger partial charge is 0.245 e. The van der Waals surface area contributed by atoms with Crippen LogP contribution in [-0.2, 0) is 22.4 Å². The number of rotatable bonds is 3. The number of nitrogens with one attached hydrogen (secondary N) is 1. The number of fused-ring (bicyclic) bond motifs is 1. The van der Waals surface area contributed by atoms with E-state index in [0.29, 0.717) is 25.4 Å². The van der Waals surface area contributed by atoms with Gasteiger partial charge in [0, 0.05) is 30.5 Å². The molecule has 0 spiro atoms. The van der Waals surface area contributed by atoms with Crippen LogP contribution < -0.4 is 4.74 Å². The molecule has 1 N–H and O–H groups in total. The lowest BCUT2D eigenvalue weighted by molar-refractivity contribution is 0.293. The van der Waals surface area contributed by atoms with Gasteiger partial charge in [-0.3, -0.25) is 0 Å². The maximum atomic E-state index is 12.7. The van der Waals surface area contributed by atoms with Gasteiger partial charge in [0.1, 0.15) is 12.4 Å². The third-order valence-electron chi connectivity index (χ3n) is 3.42. The zero-order chi connectivity index (χ0) is 14.9. The number of benzene rings is 1. The van der Waals surface area contributed by atoms with Crippen LogP contribution in [-0.4, -0.2) is 30.9 Å². The van der Waals surface area contributed by atoms with Crippen molar-refractivity contribution in [1.82, 2.24) is 9.29 Å². The molecule has 3 rings (SSSR count). The molecule has 0 radical (unpaired) electrons. The van der Waals surface area contributed by atoms with Crippen molar-refractivity contribution >= 4 is 21.6 Å². The van der Waals surface area contributed by atoms with Gasteiger partial charge in [-0.1, -0.05) is 18.2 Å². The highest BCUT2D eigenvalue weighted by Crippen LogP contribution is 2.26. The molecule has 5 nitrogen and oxygen atoms in total. The van der Waals surface area contributed by atoms with Gasteiger partial charge in [0.05, 0.1) is 10.8 Å². The molecule has 7 heteroatoms. The molecule has 2 heterocycles. The number of nitrogens with zero attached hydrogens (tertiary/aromatic N) is 1. The van der Waals surface area contributed by atoms with E-state index in [9.17, 15) is 8.42 Å². The summed E-state index contributed by atoms with van der Waals surface area (Å²) < 4.78 is 32.4. The average molecular weight is 327 g/mol. The van der Waals surface area contributed by atoms with Crippen molar-refractivity contribution in [2.24, 2.45) is 0 Å². The molecule has 1 aromatic carbocycles. The number of aromatic nitrogens is 1. The molecule has 0 atom stereocenters. The van der Waals surface area contributed by atoms with Gasteiger partial charge in [0.2, 0.25) is 10.0 Å². The van der Waals surface area contributed by atoms with E-state index in [1.54, 1.807) is 6.07 Å². The Balaban J connectivity index is 1.92. The van der Waals surface area contributed by atoms with E-state index in [4.69, 9.17) is 16.3 Å². The highest BCUT2D eigenvalue weighted by molar-refractivity contribution is 7.89. The van der Waals surface area contributed by atoms with Crippen LogP contribution in [0.2, 0.25) is 0 Å². The first-order chi connectivity index (χ1) is 10.1. The molecular formula is C14H15ClN2O3S. The number of para-hydroxylation sites is 1. The fourth-order valence-electron chi connectivity index (χ4n) is 2.30. The lowest BCUT2D eigenvalue weighted by Gasteiger charge is -2.18. The van der Waals surface area contributed by atoms with Crippen molar-refractivity contribution in [3.8, 4) is 5.75 Å². The number of ether oxygens (including phenoxy) is 1. The van der Waals surface area contributed by atoms with Gasteiger partial charge < -0.3 is 9.72 Å². The monoisotopic (exact) mass is 326 g/mol. The molecule has 0 amide bonds. The molecule has 21 heavy (non-hydrogen) atoms. The van der Waals surface area contributed by atoms with Crippen LogP contribution in [0, 0.1) is 0 Å². The predicted octanol–water partition coefficient (Wildman–Crippen LogP) is 2.34. The normalized spacial score (nSPS) is 16.0. The van der Waals surface area contributed by atoms with E-state index in [-0.39, 0.29) is 10.8 Å². The average Bonchev–Trinajstić information content (AvgIpc) is 2.87. The zero-order valence-electron chi connectivity index (χ0n) is 11.3. The molecule has 0 saturated carbocycles. The number of hydrogen-bond acceptors (Lipinski definition) is 3. The first kappa shape index (κ1) is 14.4. The Labute approximate surface area is 128 Å². The van der Waals surface area contributed by atoms with E-state index in [2.05, 4.69) is 4.98 Å². The molecule has 2 aromatic rings. The predicted molar refractivity (Wildman–Crippen MR) is 79.9 cm³/mol. The summed E-state index contributed by atoms with van der Waals surface area (Å²) in [7, 11) is -3.55. The lowest BCUT2D eigenvalue weighted by Crippen LogP contribution is -2.32. The third-order valence-corrected chi connectivity index (χ3v) is 5.53. The number of alkyl halides is 1. The van der Waals surface area contributed by atoms with E-state index < -0.39 is 10.0 Å². The number of halogens is 1. The maximum Gasteiger partial charge on any atom is 0.245 e. The molecule has 1 aliphatic heterocycles. The molecule has 0 bridgehead atoms. The summed E-state index contributed by atoms with van der Waals surface area (Å²) in [5.41, 5.74) is 1.55. The molecule has 112 valence electrons. The van der Waals surface area contributed by atoms with Crippen molar-refractivity contribution in [3.05, 3.63) is 47.8 Å². The molecule has 0 aliphatic carbocycles. The van der Waals surface area contributed by atoms with Crippen LogP contribution in [0.25, 0.3) is 0 Å². The minimum atomic E-state index is -3.55. The Kier molecular flexibility index (Phi) is 3.93. The minimum Gasteiger partial charge on any atom is -0.492 e. The van der Waals surface area contributed by atoms with E-state index in [1.807, 2.05) is 24.3 Å². The second-order valence-electron chi connectivity index (χ2n) is 4.79. The van der Waals surface area contributed by atoms with Crippen LogP contribution in [0.15, 0.2) is 41.4 Å². The zero-order valence-corrected chi connectivity index (χ0v) is 12.8. The van der Waals surface area contributed by atoms with Crippen molar-refractivity contribution in [3.63, 3.8) is 0 Å². The lowest BCUT2D eigenvalue weighted by atomic mass is 10.2. The van der Waals surface area contributed by atoms with E-state index >= 15 is 0 Å². The van der Waals surface area contributed by atoms with Crippen molar-refractivity contribution < 1.29 is 13.2 Å². The van der Waals surface area contributed by atoms with Gasteiger partial charge in [0.15, 0.2) is 0 Å². The Morgan fingerprint density at radius 3 is 2.90 bits per heavy atom. The van der Waals surface area contributed by atoms with Crippen molar-refractivity contribution in [2.45, 2.75) is 17.3 Å². The van der Waals surface area contributed by atoms with Gasteiger partial charge in [-0.15, -0.1) is 11.6 Å². The van der Waals surface area contributed by atoms with Crippen LogP contribution in [0.5, 0.6) is 5.75 Å². The topological polar surface area (TPSA) is 62.4 Å². The van der Waals surface area contributed by atoms with Crippen LogP contribution in [0.3, 0.4) is 0 Å². The second kappa shape index (κ2) is 5.71. The Bertz CT molecular complexity index is 742. The van der Waals surface area contributed by atoms with Crippen LogP contribution in [0.1, 0.15) is 11.3 Å². The Morgan fingerprint density at radius 2 is 2.14 bits per heavy atom. The summed E-state index contributed by atoms with van der Waals surface area (Å²) in [4.78, 5) is 3.10. The summed E-state index contributed by atoms with van der Waals surface area (Å²) in [6, 6.07) is 9.06. The number of hydrogen-bond donors (Lipinski definition) is 1. The fraction of sp³-hybridized carbons (Fsp3) is 0.286. The quantitative estimate of drug-likeness (QED) is 0.881. The standard InChI is InChI=1S/C14H15ClN2O3S/c15-8-12-7-13(9-16-12)21(18,19)17-5-6-20-14-4-2-1-3-11(14)10-17/h1-4,7,9,16H,5-6,8,10H2. The minimum absolute atomic E-state index is 0.234. The molecule has 1 aromatic heterocycles.